The van der Waals surface area contributed by atoms with Gasteiger partial charge in [-0.2, -0.15) is 0 Å². The summed E-state index contributed by atoms with van der Waals surface area (Å²) in [6.07, 6.45) is 0.569. The Balaban J connectivity index is 2.07. The Kier molecular flexibility index (Phi) is 2.76. The number of hydrogen-bond acceptors (Lipinski definition) is 2. The molecule has 0 bridgehead atoms. The lowest BCUT2D eigenvalue weighted by atomic mass is 10.1. The average molecular weight is 240 g/mol. The molecule has 0 radical (unpaired) electrons. The molecule has 3 heteroatoms. The maximum absolute atomic E-state index is 12.1. The zero-order valence-corrected chi connectivity index (χ0v) is 10.2. The van der Waals surface area contributed by atoms with Gasteiger partial charge in [-0.3, -0.25) is 4.79 Å². The summed E-state index contributed by atoms with van der Waals surface area (Å²) in [5.41, 5.74) is 6.68. The number of anilines is 1. The molecular formula is C15H16N2O. The Bertz CT molecular complexity index is 589. The minimum atomic E-state index is 0.182. The third-order valence-electron chi connectivity index (χ3n) is 3.60. The Morgan fingerprint density at radius 3 is 2.72 bits per heavy atom. The highest BCUT2D eigenvalue weighted by molar-refractivity contribution is 6.04. The van der Waals surface area contributed by atoms with E-state index in [1.807, 2.05) is 29.2 Å². The number of carbonyl (C=O) groups is 1. The van der Waals surface area contributed by atoms with E-state index in [-0.39, 0.29) is 11.8 Å². The normalized spacial score (nSPS) is 19.7. The smallest absolute Gasteiger partial charge is 0.227 e. The third-order valence-corrected chi connectivity index (χ3v) is 3.60. The number of nitrogens with zero attached hydrogens (tertiary/aromatic N) is 1. The number of amides is 1. The van der Waals surface area contributed by atoms with E-state index >= 15 is 0 Å². The monoisotopic (exact) mass is 240 g/mol. The van der Waals surface area contributed by atoms with Crippen molar-refractivity contribution in [3.05, 3.63) is 42.5 Å². The molecule has 1 saturated heterocycles. The van der Waals surface area contributed by atoms with E-state index in [4.69, 9.17) is 5.73 Å². The maximum atomic E-state index is 12.1. The third kappa shape index (κ3) is 1.77. The van der Waals surface area contributed by atoms with Crippen molar-refractivity contribution in [2.75, 3.05) is 18.0 Å². The SMILES string of the molecule is NCC1CC(=O)N(c2cccc3ccccc23)C1. The molecule has 1 aliphatic rings. The molecule has 1 amide bonds. The van der Waals surface area contributed by atoms with Crippen LogP contribution in [0.5, 0.6) is 0 Å². The lowest BCUT2D eigenvalue weighted by Gasteiger charge is -2.18. The molecule has 1 heterocycles. The van der Waals surface area contributed by atoms with Crippen molar-refractivity contribution in [2.24, 2.45) is 11.7 Å². The fourth-order valence-electron chi connectivity index (χ4n) is 2.62. The first kappa shape index (κ1) is 11.2. The van der Waals surface area contributed by atoms with Gasteiger partial charge in [-0.25, -0.2) is 0 Å². The molecular weight excluding hydrogens is 224 g/mol. The van der Waals surface area contributed by atoms with Crippen LogP contribution >= 0.6 is 0 Å². The van der Waals surface area contributed by atoms with E-state index in [2.05, 4.69) is 18.2 Å². The molecule has 1 unspecified atom stereocenters. The molecule has 1 atom stereocenters. The Labute approximate surface area is 106 Å². The molecule has 1 aliphatic heterocycles. The van der Waals surface area contributed by atoms with Crippen molar-refractivity contribution in [1.29, 1.82) is 0 Å². The number of rotatable bonds is 2. The van der Waals surface area contributed by atoms with E-state index < -0.39 is 0 Å². The van der Waals surface area contributed by atoms with Crippen molar-refractivity contribution in [2.45, 2.75) is 6.42 Å². The van der Waals surface area contributed by atoms with Crippen molar-refractivity contribution >= 4 is 22.4 Å². The largest absolute Gasteiger partial charge is 0.330 e. The lowest BCUT2D eigenvalue weighted by Crippen LogP contribution is -2.25. The predicted octanol–water partition coefficient (Wildman–Crippen LogP) is 2.15. The van der Waals surface area contributed by atoms with Gasteiger partial charge in [0.1, 0.15) is 0 Å². The summed E-state index contributed by atoms with van der Waals surface area (Å²) in [6, 6.07) is 14.2. The van der Waals surface area contributed by atoms with Crippen molar-refractivity contribution in [3.8, 4) is 0 Å². The second-order valence-corrected chi connectivity index (χ2v) is 4.81. The first-order valence-electron chi connectivity index (χ1n) is 6.28. The number of benzene rings is 2. The van der Waals surface area contributed by atoms with E-state index in [1.165, 1.54) is 5.39 Å². The van der Waals surface area contributed by atoms with Crippen LogP contribution in [0.4, 0.5) is 5.69 Å². The molecule has 3 rings (SSSR count). The standard InChI is InChI=1S/C15H16N2O/c16-9-11-8-15(18)17(10-11)14-7-3-5-12-4-1-2-6-13(12)14/h1-7,11H,8-10,16H2. The van der Waals surface area contributed by atoms with Gasteiger partial charge >= 0.3 is 0 Å². The van der Waals surface area contributed by atoms with Crippen LogP contribution in [-0.2, 0) is 4.79 Å². The Morgan fingerprint density at radius 2 is 1.94 bits per heavy atom. The van der Waals surface area contributed by atoms with Gasteiger partial charge in [0.05, 0.1) is 5.69 Å². The van der Waals surface area contributed by atoms with Gasteiger partial charge < -0.3 is 10.6 Å². The minimum Gasteiger partial charge on any atom is -0.330 e. The Morgan fingerprint density at radius 1 is 1.17 bits per heavy atom. The van der Waals surface area contributed by atoms with Gasteiger partial charge in [0.15, 0.2) is 0 Å². The summed E-state index contributed by atoms with van der Waals surface area (Å²) in [6.45, 7) is 1.32. The molecule has 0 aromatic heterocycles. The van der Waals surface area contributed by atoms with Crippen LogP contribution in [0, 0.1) is 5.92 Å². The molecule has 2 aromatic carbocycles. The molecule has 1 fully saturated rings. The summed E-state index contributed by atoms with van der Waals surface area (Å²) in [5.74, 6) is 0.471. The summed E-state index contributed by atoms with van der Waals surface area (Å²) < 4.78 is 0. The molecule has 0 aliphatic carbocycles. The van der Waals surface area contributed by atoms with E-state index in [0.717, 1.165) is 17.6 Å². The fraction of sp³-hybridized carbons (Fsp3) is 0.267. The molecule has 0 spiro atoms. The van der Waals surface area contributed by atoms with E-state index in [9.17, 15) is 4.79 Å². The van der Waals surface area contributed by atoms with Crippen LogP contribution in [-0.4, -0.2) is 19.0 Å². The van der Waals surface area contributed by atoms with Crippen LogP contribution in [0.15, 0.2) is 42.5 Å². The van der Waals surface area contributed by atoms with Gasteiger partial charge in [0.25, 0.3) is 0 Å². The second-order valence-electron chi connectivity index (χ2n) is 4.81. The zero-order chi connectivity index (χ0) is 12.5. The van der Waals surface area contributed by atoms with Crippen LogP contribution in [0.1, 0.15) is 6.42 Å². The summed E-state index contributed by atoms with van der Waals surface area (Å²) in [7, 11) is 0. The van der Waals surface area contributed by atoms with Gasteiger partial charge in [-0.1, -0.05) is 36.4 Å². The number of carbonyl (C=O) groups excluding carboxylic acids is 1. The molecule has 2 aromatic rings. The molecule has 18 heavy (non-hydrogen) atoms. The van der Waals surface area contributed by atoms with Crippen LogP contribution < -0.4 is 10.6 Å². The zero-order valence-electron chi connectivity index (χ0n) is 10.2. The van der Waals surface area contributed by atoms with E-state index in [1.54, 1.807) is 0 Å². The highest BCUT2D eigenvalue weighted by Gasteiger charge is 2.30. The second kappa shape index (κ2) is 4.42. The van der Waals surface area contributed by atoms with E-state index in [0.29, 0.717) is 13.0 Å². The lowest BCUT2D eigenvalue weighted by molar-refractivity contribution is -0.117. The van der Waals surface area contributed by atoms with Gasteiger partial charge in [-0.05, 0) is 23.9 Å². The maximum Gasteiger partial charge on any atom is 0.227 e. The van der Waals surface area contributed by atoms with Crippen LogP contribution in [0.3, 0.4) is 0 Å². The molecule has 92 valence electrons. The molecule has 0 saturated carbocycles. The summed E-state index contributed by atoms with van der Waals surface area (Å²) >= 11 is 0. The first-order chi connectivity index (χ1) is 8.79. The highest BCUT2D eigenvalue weighted by atomic mass is 16.2. The number of nitrogens with two attached hydrogens (primary N) is 1. The predicted molar refractivity (Wildman–Crippen MR) is 73.5 cm³/mol. The molecule has 2 N–H and O–H groups in total. The average Bonchev–Trinajstić information content (AvgIpc) is 2.79. The van der Waals surface area contributed by atoms with Crippen LogP contribution in [0.2, 0.25) is 0 Å². The quantitative estimate of drug-likeness (QED) is 0.874. The van der Waals surface area contributed by atoms with Gasteiger partial charge in [-0.15, -0.1) is 0 Å². The fourth-order valence-corrected chi connectivity index (χ4v) is 2.62. The number of hydrogen-bond donors (Lipinski definition) is 1. The highest BCUT2D eigenvalue weighted by Crippen LogP contribution is 2.31. The van der Waals surface area contributed by atoms with Gasteiger partial charge in [0.2, 0.25) is 5.91 Å². The van der Waals surface area contributed by atoms with Crippen molar-refractivity contribution in [3.63, 3.8) is 0 Å². The summed E-state index contributed by atoms with van der Waals surface area (Å²) in [4.78, 5) is 13.9. The van der Waals surface area contributed by atoms with Gasteiger partial charge in [0, 0.05) is 18.4 Å². The first-order valence-corrected chi connectivity index (χ1v) is 6.28. The van der Waals surface area contributed by atoms with Crippen molar-refractivity contribution in [1.82, 2.24) is 0 Å². The summed E-state index contributed by atoms with van der Waals surface area (Å²) in [5, 5.41) is 2.30. The minimum absolute atomic E-state index is 0.182. The topological polar surface area (TPSA) is 46.3 Å². The number of fused-ring (bicyclic) bond motifs is 1. The Hall–Kier alpha value is -1.87. The molecule has 3 nitrogen and oxygen atoms in total. The van der Waals surface area contributed by atoms with Crippen molar-refractivity contribution < 1.29 is 4.79 Å². The van der Waals surface area contributed by atoms with Crippen LogP contribution in [0.25, 0.3) is 10.8 Å².